The maximum absolute atomic E-state index is 12.5. The minimum atomic E-state index is -0.655. The van der Waals surface area contributed by atoms with E-state index in [2.05, 4.69) is 10.5 Å². The zero-order chi connectivity index (χ0) is 24.5. The van der Waals surface area contributed by atoms with Gasteiger partial charge in [0.15, 0.2) is 11.5 Å². The van der Waals surface area contributed by atoms with Crippen LogP contribution in [0.5, 0.6) is 28.7 Å². The van der Waals surface area contributed by atoms with Crippen molar-refractivity contribution in [3.05, 3.63) is 77.4 Å². The molecule has 9 heteroatoms. The smallest absolute Gasteiger partial charge is 0.343 e. The molecule has 0 aliphatic carbocycles. The van der Waals surface area contributed by atoms with Gasteiger partial charge in [0.2, 0.25) is 0 Å². The first-order chi connectivity index (χ1) is 16.4. The highest BCUT2D eigenvalue weighted by atomic mass is 16.6. The first-order valence-corrected chi connectivity index (χ1v) is 10.4. The molecule has 0 aliphatic rings. The van der Waals surface area contributed by atoms with Crippen LogP contribution in [-0.2, 0) is 0 Å². The topological polar surface area (TPSA) is 127 Å². The molecule has 1 amide bonds. The van der Waals surface area contributed by atoms with Crippen molar-refractivity contribution in [3.8, 4) is 28.7 Å². The number of carbonyl (C=O) groups is 2. The number of esters is 1. The number of benzene rings is 3. The van der Waals surface area contributed by atoms with Crippen molar-refractivity contribution < 1.29 is 34.0 Å². The molecule has 3 aromatic carbocycles. The fraction of sp³-hybridized carbons (Fsp3) is 0.160. The van der Waals surface area contributed by atoms with Crippen LogP contribution in [-0.4, -0.2) is 42.0 Å². The van der Waals surface area contributed by atoms with Crippen LogP contribution in [0.3, 0.4) is 0 Å². The largest absolute Gasteiger partial charge is 0.508 e. The zero-order valence-corrected chi connectivity index (χ0v) is 18.6. The van der Waals surface area contributed by atoms with Gasteiger partial charge in [-0.15, -0.1) is 0 Å². The van der Waals surface area contributed by atoms with Crippen molar-refractivity contribution >= 4 is 18.1 Å². The van der Waals surface area contributed by atoms with Crippen molar-refractivity contribution in [2.45, 2.75) is 13.3 Å². The van der Waals surface area contributed by atoms with Gasteiger partial charge in [-0.1, -0.05) is 6.92 Å². The molecule has 0 bridgehead atoms. The molecule has 9 nitrogen and oxygen atoms in total. The molecule has 176 valence electrons. The van der Waals surface area contributed by atoms with Crippen LogP contribution < -0.4 is 19.6 Å². The number of phenols is 2. The van der Waals surface area contributed by atoms with Gasteiger partial charge in [-0.25, -0.2) is 10.2 Å². The van der Waals surface area contributed by atoms with Gasteiger partial charge in [-0.3, -0.25) is 4.79 Å². The minimum absolute atomic E-state index is 0.0419. The Bertz CT molecular complexity index is 1190. The number of rotatable bonds is 9. The van der Waals surface area contributed by atoms with Crippen molar-refractivity contribution in [2.24, 2.45) is 5.10 Å². The summed E-state index contributed by atoms with van der Waals surface area (Å²) in [5, 5.41) is 22.9. The third-order valence-corrected chi connectivity index (χ3v) is 4.56. The lowest BCUT2D eigenvalue weighted by atomic mass is 10.2. The molecule has 0 atom stereocenters. The van der Waals surface area contributed by atoms with E-state index in [1.54, 1.807) is 42.5 Å². The first kappa shape index (κ1) is 24.1. The predicted octanol–water partition coefficient (Wildman–Crippen LogP) is 3.88. The summed E-state index contributed by atoms with van der Waals surface area (Å²) in [7, 11) is 1.43. The maximum atomic E-state index is 12.5. The number of phenolic OH excluding ortho intramolecular Hbond substituents is 2. The summed E-state index contributed by atoms with van der Waals surface area (Å²) in [5.74, 6) is -0.559. The number of hydrazone groups is 1. The number of hydrogen-bond acceptors (Lipinski definition) is 8. The Hall–Kier alpha value is -4.53. The van der Waals surface area contributed by atoms with Gasteiger partial charge < -0.3 is 24.4 Å². The second-order valence-electron chi connectivity index (χ2n) is 7.07. The molecule has 34 heavy (non-hydrogen) atoms. The van der Waals surface area contributed by atoms with E-state index in [1.807, 2.05) is 6.92 Å². The van der Waals surface area contributed by atoms with E-state index in [0.29, 0.717) is 29.2 Å². The number of nitrogens with one attached hydrogen (secondary N) is 1. The number of nitrogens with zero attached hydrogens (tertiary/aromatic N) is 1. The minimum Gasteiger partial charge on any atom is -0.508 e. The van der Waals surface area contributed by atoms with Crippen LogP contribution in [0.15, 0.2) is 65.8 Å². The summed E-state index contributed by atoms with van der Waals surface area (Å²) >= 11 is 0. The third kappa shape index (κ3) is 6.26. The van der Waals surface area contributed by atoms with Gasteiger partial charge in [-0.2, -0.15) is 5.10 Å². The van der Waals surface area contributed by atoms with Gasteiger partial charge >= 0.3 is 5.97 Å². The van der Waals surface area contributed by atoms with Crippen molar-refractivity contribution in [3.63, 3.8) is 0 Å². The lowest BCUT2D eigenvalue weighted by Gasteiger charge is -2.10. The molecular formula is C25H24N2O7. The second-order valence-corrected chi connectivity index (χ2v) is 7.07. The second kappa shape index (κ2) is 11.4. The Morgan fingerprint density at radius 3 is 2.44 bits per heavy atom. The van der Waals surface area contributed by atoms with E-state index < -0.39 is 11.9 Å². The van der Waals surface area contributed by atoms with E-state index >= 15 is 0 Å². The maximum Gasteiger partial charge on any atom is 0.343 e. The molecular weight excluding hydrogens is 440 g/mol. The van der Waals surface area contributed by atoms with E-state index in [-0.39, 0.29) is 22.8 Å². The van der Waals surface area contributed by atoms with Crippen LogP contribution in [0, 0.1) is 0 Å². The van der Waals surface area contributed by atoms with E-state index in [9.17, 15) is 19.8 Å². The number of aromatic hydroxyl groups is 2. The molecule has 0 aromatic heterocycles. The molecule has 0 spiro atoms. The number of amides is 1. The average Bonchev–Trinajstić information content (AvgIpc) is 2.83. The number of ether oxygens (including phenoxy) is 3. The Morgan fingerprint density at radius 2 is 1.76 bits per heavy atom. The molecule has 0 unspecified atom stereocenters. The van der Waals surface area contributed by atoms with Gasteiger partial charge in [0.25, 0.3) is 5.91 Å². The highest BCUT2D eigenvalue weighted by Crippen LogP contribution is 2.29. The summed E-state index contributed by atoms with van der Waals surface area (Å²) in [5.41, 5.74) is 3.16. The van der Waals surface area contributed by atoms with Crippen molar-refractivity contribution in [1.82, 2.24) is 5.43 Å². The van der Waals surface area contributed by atoms with Crippen molar-refractivity contribution in [1.29, 1.82) is 0 Å². The van der Waals surface area contributed by atoms with Crippen LogP contribution in [0.1, 0.15) is 39.6 Å². The highest BCUT2D eigenvalue weighted by molar-refractivity contribution is 5.97. The van der Waals surface area contributed by atoms with Crippen LogP contribution in [0.4, 0.5) is 0 Å². The van der Waals surface area contributed by atoms with Crippen LogP contribution in [0.2, 0.25) is 0 Å². The zero-order valence-electron chi connectivity index (χ0n) is 18.6. The molecule has 0 saturated carbocycles. The number of carbonyl (C=O) groups excluding carboxylic acids is 2. The summed E-state index contributed by atoms with van der Waals surface area (Å²) in [4.78, 5) is 24.6. The summed E-state index contributed by atoms with van der Waals surface area (Å²) in [6.07, 6.45) is 2.25. The average molecular weight is 464 g/mol. The Morgan fingerprint density at radius 1 is 1.00 bits per heavy atom. The van der Waals surface area contributed by atoms with E-state index in [0.717, 1.165) is 12.5 Å². The monoisotopic (exact) mass is 464 g/mol. The molecule has 3 N–H and O–H groups in total. The number of methoxy groups -OCH3 is 1. The fourth-order valence-electron chi connectivity index (χ4n) is 2.85. The van der Waals surface area contributed by atoms with Crippen LogP contribution >= 0.6 is 0 Å². The molecule has 0 fully saturated rings. The fourth-order valence-corrected chi connectivity index (χ4v) is 2.85. The van der Waals surface area contributed by atoms with E-state index in [4.69, 9.17) is 14.2 Å². The third-order valence-electron chi connectivity index (χ3n) is 4.56. The summed E-state index contributed by atoms with van der Waals surface area (Å²) < 4.78 is 16.3. The highest BCUT2D eigenvalue weighted by Gasteiger charge is 2.14. The lowest BCUT2D eigenvalue weighted by Crippen LogP contribution is -2.17. The standard InChI is InChI=1S/C25H24N2O7/c1-3-12-33-19-8-5-17(6-9-19)25(31)34-22-11-4-16(13-23(22)32-2)15-26-27-24(30)20-10-7-18(28)14-21(20)29/h4-11,13-15,28-29H,3,12H2,1-2H3,(H,27,30)/b26-15-. The molecule has 3 rings (SSSR count). The summed E-state index contributed by atoms with van der Waals surface area (Å²) in [6.45, 7) is 2.61. The Balaban J connectivity index is 1.64. The number of hydrogen-bond donors (Lipinski definition) is 3. The van der Waals surface area contributed by atoms with Gasteiger partial charge in [0.1, 0.15) is 17.2 Å². The predicted molar refractivity (Wildman–Crippen MR) is 125 cm³/mol. The normalized spacial score (nSPS) is 10.6. The molecule has 0 saturated heterocycles. The molecule has 3 aromatic rings. The van der Waals surface area contributed by atoms with Crippen LogP contribution in [0.25, 0.3) is 0 Å². The lowest BCUT2D eigenvalue weighted by molar-refractivity contribution is 0.0729. The Kier molecular flexibility index (Phi) is 8.07. The van der Waals surface area contributed by atoms with Gasteiger partial charge in [0, 0.05) is 6.07 Å². The first-order valence-electron chi connectivity index (χ1n) is 10.4. The van der Waals surface area contributed by atoms with Gasteiger partial charge in [-0.05, 0) is 66.6 Å². The Labute approximate surface area is 196 Å². The molecule has 0 radical (unpaired) electrons. The quantitative estimate of drug-likeness (QED) is 0.190. The SMILES string of the molecule is CCCOc1ccc(C(=O)Oc2ccc(/C=N\NC(=O)c3ccc(O)cc3O)cc2OC)cc1. The van der Waals surface area contributed by atoms with E-state index in [1.165, 1.54) is 25.5 Å². The van der Waals surface area contributed by atoms with Crippen molar-refractivity contribution in [2.75, 3.05) is 13.7 Å². The van der Waals surface area contributed by atoms with Gasteiger partial charge in [0.05, 0.1) is 31.1 Å². The molecule has 0 aliphatic heterocycles. The molecule has 0 heterocycles. The summed E-state index contributed by atoms with van der Waals surface area (Å²) in [6, 6.07) is 15.0.